The van der Waals surface area contributed by atoms with E-state index in [2.05, 4.69) is 17.0 Å². The average molecular weight is 278 g/mol. The maximum absolute atomic E-state index is 11.8. The van der Waals surface area contributed by atoms with Crippen LogP contribution in [0.1, 0.15) is 25.3 Å². The Morgan fingerprint density at radius 3 is 2.84 bits per heavy atom. The van der Waals surface area contributed by atoms with E-state index < -0.39 is 12.8 Å². The van der Waals surface area contributed by atoms with E-state index >= 15 is 0 Å². The summed E-state index contributed by atoms with van der Waals surface area (Å²) in [5, 5.41) is 3.29. The molecule has 0 unspecified atom stereocenters. The predicted octanol–water partition coefficient (Wildman–Crippen LogP) is 2.96. The smallest absolute Gasteiger partial charge is 0.372 e. The molecule has 0 aliphatic rings. The number of ether oxygens (including phenoxy) is 1. The van der Waals surface area contributed by atoms with Crippen LogP contribution >= 0.6 is 0 Å². The molecule has 0 atom stereocenters. The molecule has 110 valence electrons. The lowest BCUT2D eigenvalue weighted by atomic mass is 10.3. The highest BCUT2D eigenvalue weighted by atomic mass is 19.4. The van der Waals surface area contributed by atoms with Crippen LogP contribution in [-0.2, 0) is 17.8 Å². The molecular weight excluding hydrogens is 257 g/mol. The number of nitrogens with one attached hydrogen (secondary N) is 1. The molecule has 19 heavy (non-hydrogen) atoms. The fraction of sp³-hybridized carbons (Fsp3) is 0.692. The Kier molecular flexibility index (Phi) is 6.94. The van der Waals surface area contributed by atoms with Gasteiger partial charge in [0.1, 0.15) is 6.61 Å². The van der Waals surface area contributed by atoms with Gasteiger partial charge in [-0.1, -0.05) is 6.92 Å². The third kappa shape index (κ3) is 7.89. The molecule has 0 aliphatic heterocycles. The second kappa shape index (κ2) is 8.22. The minimum absolute atomic E-state index is 0.126. The third-order valence-corrected chi connectivity index (χ3v) is 2.54. The zero-order valence-electron chi connectivity index (χ0n) is 11.2. The fourth-order valence-electron chi connectivity index (χ4n) is 1.68. The molecule has 3 nitrogen and oxygen atoms in total. The van der Waals surface area contributed by atoms with Crippen molar-refractivity contribution >= 4 is 0 Å². The highest BCUT2D eigenvalue weighted by molar-refractivity contribution is 5.09. The maximum Gasteiger partial charge on any atom is 0.411 e. The molecule has 0 aliphatic carbocycles. The van der Waals surface area contributed by atoms with Gasteiger partial charge in [-0.2, -0.15) is 13.2 Å². The van der Waals surface area contributed by atoms with Crippen molar-refractivity contribution in [2.75, 3.05) is 19.8 Å². The lowest BCUT2D eigenvalue weighted by Gasteiger charge is -2.07. The number of hydrogen-bond donors (Lipinski definition) is 1. The normalized spacial score (nSPS) is 12.0. The summed E-state index contributed by atoms with van der Waals surface area (Å²) in [6.07, 6.45) is 1.38. The fourth-order valence-corrected chi connectivity index (χ4v) is 1.68. The van der Waals surface area contributed by atoms with Gasteiger partial charge >= 0.3 is 6.18 Å². The molecule has 1 N–H and O–H groups in total. The van der Waals surface area contributed by atoms with Gasteiger partial charge in [-0.05, 0) is 31.0 Å². The molecule has 0 aromatic carbocycles. The predicted molar refractivity (Wildman–Crippen MR) is 67.9 cm³/mol. The first-order valence-electron chi connectivity index (χ1n) is 6.51. The second-order valence-corrected chi connectivity index (χ2v) is 4.46. The van der Waals surface area contributed by atoms with Crippen molar-refractivity contribution in [1.29, 1.82) is 0 Å². The summed E-state index contributed by atoms with van der Waals surface area (Å²) < 4.78 is 42.0. The van der Waals surface area contributed by atoms with Crippen LogP contribution in [0.5, 0.6) is 0 Å². The van der Waals surface area contributed by atoms with Gasteiger partial charge in [0.2, 0.25) is 0 Å². The van der Waals surface area contributed by atoms with E-state index in [0.29, 0.717) is 13.0 Å². The van der Waals surface area contributed by atoms with E-state index in [4.69, 9.17) is 0 Å². The minimum atomic E-state index is -4.23. The highest BCUT2D eigenvalue weighted by Gasteiger charge is 2.27. The molecule has 1 aromatic heterocycles. The Morgan fingerprint density at radius 2 is 2.16 bits per heavy atom. The van der Waals surface area contributed by atoms with Crippen molar-refractivity contribution in [2.45, 2.75) is 39.0 Å². The topological polar surface area (TPSA) is 26.2 Å². The number of halogens is 3. The van der Waals surface area contributed by atoms with Crippen LogP contribution in [0, 0.1) is 0 Å². The van der Waals surface area contributed by atoms with E-state index in [0.717, 1.165) is 19.5 Å². The lowest BCUT2D eigenvalue weighted by Crippen LogP contribution is -2.17. The SMILES string of the molecule is CCCNCc1ccn(CCCOCC(F)(F)F)c1. The van der Waals surface area contributed by atoms with Crippen molar-refractivity contribution in [2.24, 2.45) is 0 Å². The van der Waals surface area contributed by atoms with Crippen LogP contribution in [-0.4, -0.2) is 30.5 Å². The van der Waals surface area contributed by atoms with Gasteiger partial charge in [-0.15, -0.1) is 0 Å². The van der Waals surface area contributed by atoms with Crippen molar-refractivity contribution < 1.29 is 17.9 Å². The number of aryl methyl sites for hydroxylation is 1. The molecule has 0 saturated carbocycles. The monoisotopic (exact) mass is 278 g/mol. The number of aromatic nitrogens is 1. The van der Waals surface area contributed by atoms with Crippen LogP contribution in [0.4, 0.5) is 13.2 Å². The summed E-state index contributed by atoms with van der Waals surface area (Å²) in [6.45, 7) is 3.55. The first-order chi connectivity index (χ1) is 9.01. The zero-order chi connectivity index (χ0) is 14.1. The Balaban J connectivity index is 2.12. The summed E-state index contributed by atoms with van der Waals surface area (Å²) in [7, 11) is 0. The van der Waals surface area contributed by atoms with E-state index in [1.807, 2.05) is 23.0 Å². The summed E-state index contributed by atoms with van der Waals surface area (Å²) in [6, 6.07) is 2.01. The van der Waals surface area contributed by atoms with Gasteiger partial charge in [0.25, 0.3) is 0 Å². The summed E-state index contributed by atoms with van der Waals surface area (Å²) in [5.41, 5.74) is 1.18. The van der Waals surface area contributed by atoms with Crippen LogP contribution in [0.2, 0.25) is 0 Å². The molecule has 0 bridgehead atoms. The molecule has 6 heteroatoms. The van der Waals surface area contributed by atoms with Gasteiger partial charge in [0.15, 0.2) is 0 Å². The second-order valence-electron chi connectivity index (χ2n) is 4.46. The first-order valence-corrected chi connectivity index (χ1v) is 6.51. The quantitative estimate of drug-likeness (QED) is 0.703. The molecule has 0 spiro atoms. The maximum atomic E-state index is 11.8. The van der Waals surface area contributed by atoms with Crippen LogP contribution in [0.3, 0.4) is 0 Å². The third-order valence-electron chi connectivity index (χ3n) is 2.54. The van der Waals surface area contributed by atoms with Crippen molar-refractivity contribution in [3.63, 3.8) is 0 Å². The molecule has 1 aromatic rings. The van der Waals surface area contributed by atoms with Gasteiger partial charge in [-0.25, -0.2) is 0 Å². The van der Waals surface area contributed by atoms with E-state index in [1.54, 1.807) is 0 Å². The first kappa shape index (κ1) is 16.0. The van der Waals surface area contributed by atoms with Gasteiger partial charge < -0.3 is 14.6 Å². The van der Waals surface area contributed by atoms with E-state index in [1.165, 1.54) is 5.56 Å². The Hall–Kier alpha value is -1.01. The Morgan fingerprint density at radius 1 is 1.37 bits per heavy atom. The largest absolute Gasteiger partial charge is 0.411 e. The standard InChI is InChI=1S/C13H21F3N2O/c1-2-5-17-9-12-4-7-18(10-12)6-3-8-19-11-13(14,15)16/h4,7,10,17H,2-3,5-6,8-9,11H2,1H3. The highest BCUT2D eigenvalue weighted by Crippen LogP contribution is 2.14. The summed E-state index contributed by atoms with van der Waals surface area (Å²) in [4.78, 5) is 0. The average Bonchev–Trinajstić information content (AvgIpc) is 2.75. The molecule has 1 heterocycles. The minimum Gasteiger partial charge on any atom is -0.372 e. The van der Waals surface area contributed by atoms with E-state index in [9.17, 15) is 13.2 Å². The van der Waals surface area contributed by atoms with Gasteiger partial charge in [0.05, 0.1) is 0 Å². The number of rotatable bonds is 9. The summed E-state index contributed by atoms with van der Waals surface area (Å²) >= 11 is 0. The lowest BCUT2D eigenvalue weighted by molar-refractivity contribution is -0.174. The van der Waals surface area contributed by atoms with Crippen molar-refractivity contribution in [1.82, 2.24) is 9.88 Å². The van der Waals surface area contributed by atoms with Gasteiger partial charge in [0, 0.05) is 32.1 Å². The van der Waals surface area contributed by atoms with Crippen LogP contribution in [0.25, 0.3) is 0 Å². The number of hydrogen-bond acceptors (Lipinski definition) is 2. The van der Waals surface area contributed by atoms with Crippen molar-refractivity contribution in [3.8, 4) is 0 Å². The molecule has 0 fully saturated rings. The zero-order valence-corrected chi connectivity index (χ0v) is 11.2. The van der Waals surface area contributed by atoms with Crippen molar-refractivity contribution in [3.05, 3.63) is 24.0 Å². The van der Waals surface area contributed by atoms with Crippen LogP contribution in [0.15, 0.2) is 18.5 Å². The molecule has 0 saturated heterocycles. The molecule has 0 amide bonds. The Labute approximate surface area is 111 Å². The molecule has 0 radical (unpaired) electrons. The van der Waals surface area contributed by atoms with E-state index in [-0.39, 0.29) is 6.61 Å². The number of nitrogens with zero attached hydrogens (tertiary/aromatic N) is 1. The Bertz CT molecular complexity index is 350. The summed E-state index contributed by atoms with van der Waals surface area (Å²) in [5.74, 6) is 0. The number of alkyl halides is 3. The van der Waals surface area contributed by atoms with Gasteiger partial charge in [-0.3, -0.25) is 0 Å². The molecular formula is C13H21F3N2O. The van der Waals surface area contributed by atoms with Crippen LogP contribution < -0.4 is 5.32 Å². The molecule has 1 rings (SSSR count).